The molecule has 0 aliphatic carbocycles. The number of nitrogen functional groups attached to an aromatic ring is 1. The van der Waals surface area contributed by atoms with Crippen LogP contribution in [0.2, 0.25) is 0 Å². The van der Waals surface area contributed by atoms with E-state index in [1.165, 1.54) is 7.11 Å². The zero-order chi connectivity index (χ0) is 14.5. The van der Waals surface area contributed by atoms with Gasteiger partial charge in [-0.1, -0.05) is 6.07 Å². The number of carbonyl (C=O) groups excluding carboxylic acids is 1. The number of ether oxygens (including phenoxy) is 2. The Bertz CT molecular complexity index is 629. The Morgan fingerprint density at radius 2 is 2.10 bits per heavy atom. The third-order valence-corrected chi connectivity index (χ3v) is 2.73. The molecular weight excluding hydrogens is 258 g/mol. The van der Waals surface area contributed by atoms with Crippen molar-refractivity contribution < 1.29 is 14.3 Å². The van der Waals surface area contributed by atoms with Crippen molar-refractivity contribution in [2.24, 2.45) is 5.73 Å². The SMILES string of the molecule is COc1ncccc1COc1c(N)cccc1C(N)=O. The monoisotopic (exact) mass is 273 g/mol. The summed E-state index contributed by atoms with van der Waals surface area (Å²) in [5.74, 6) is 0.138. The molecule has 6 nitrogen and oxygen atoms in total. The highest BCUT2D eigenvalue weighted by atomic mass is 16.5. The molecule has 4 N–H and O–H groups in total. The standard InChI is InChI=1S/C14H15N3O3/c1-19-14-9(4-3-7-17-14)8-20-12-10(13(16)18)5-2-6-11(12)15/h2-7H,8,15H2,1H3,(H2,16,18). The average Bonchev–Trinajstić information content (AvgIpc) is 2.46. The van der Waals surface area contributed by atoms with Crippen LogP contribution in [0, 0.1) is 0 Å². The van der Waals surface area contributed by atoms with Gasteiger partial charge < -0.3 is 20.9 Å². The summed E-state index contributed by atoms with van der Waals surface area (Å²) in [6.07, 6.45) is 1.62. The number of pyridine rings is 1. The van der Waals surface area contributed by atoms with Gasteiger partial charge in [-0.05, 0) is 24.3 Å². The maximum atomic E-state index is 11.4. The Morgan fingerprint density at radius 1 is 1.30 bits per heavy atom. The molecule has 20 heavy (non-hydrogen) atoms. The van der Waals surface area contributed by atoms with E-state index in [4.69, 9.17) is 20.9 Å². The van der Waals surface area contributed by atoms with Crippen LogP contribution < -0.4 is 20.9 Å². The van der Waals surface area contributed by atoms with Crippen LogP contribution in [-0.4, -0.2) is 18.0 Å². The van der Waals surface area contributed by atoms with E-state index in [0.717, 1.165) is 5.56 Å². The van der Waals surface area contributed by atoms with Gasteiger partial charge >= 0.3 is 0 Å². The van der Waals surface area contributed by atoms with Gasteiger partial charge in [-0.2, -0.15) is 0 Å². The highest BCUT2D eigenvalue weighted by molar-refractivity contribution is 5.97. The Labute approximate surface area is 116 Å². The molecule has 2 rings (SSSR count). The molecule has 2 aromatic rings. The third-order valence-electron chi connectivity index (χ3n) is 2.73. The lowest BCUT2D eigenvalue weighted by molar-refractivity contribution is 0.0996. The smallest absolute Gasteiger partial charge is 0.252 e. The second-order valence-electron chi connectivity index (χ2n) is 4.05. The minimum absolute atomic E-state index is 0.172. The van der Waals surface area contributed by atoms with E-state index in [9.17, 15) is 4.79 Å². The van der Waals surface area contributed by atoms with E-state index in [-0.39, 0.29) is 17.9 Å². The summed E-state index contributed by atoms with van der Waals surface area (Å²) >= 11 is 0. The number of rotatable bonds is 5. The van der Waals surface area contributed by atoms with Gasteiger partial charge in [-0.15, -0.1) is 0 Å². The Morgan fingerprint density at radius 3 is 2.80 bits per heavy atom. The minimum Gasteiger partial charge on any atom is -0.486 e. The van der Waals surface area contributed by atoms with Gasteiger partial charge in [0.1, 0.15) is 6.61 Å². The van der Waals surface area contributed by atoms with Crippen molar-refractivity contribution in [2.75, 3.05) is 12.8 Å². The van der Waals surface area contributed by atoms with Gasteiger partial charge in [0.15, 0.2) is 5.75 Å². The summed E-state index contributed by atoms with van der Waals surface area (Å²) in [5, 5.41) is 0. The maximum absolute atomic E-state index is 11.4. The third kappa shape index (κ3) is 2.80. The first-order chi connectivity index (χ1) is 9.63. The van der Waals surface area contributed by atoms with E-state index in [2.05, 4.69) is 4.98 Å². The van der Waals surface area contributed by atoms with E-state index in [1.807, 2.05) is 6.07 Å². The summed E-state index contributed by atoms with van der Waals surface area (Å²) in [7, 11) is 1.53. The first-order valence-electron chi connectivity index (χ1n) is 5.92. The first kappa shape index (κ1) is 13.7. The summed E-state index contributed by atoms with van der Waals surface area (Å²) in [5.41, 5.74) is 12.4. The quantitative estimate of drug-likeness (QED) is 0.801. The van der Waals surface area contributed by atoms with Gasteiger partial charge in [0.2, 0.25) is 5.88 Å². The average molecular weight is 273 g/mol. The number of hydrogen-bond donors (Lipinski definition) is 2. The van der Waals surface area contributed by atoms with E-state index < -0.39 is 5.91 Å². The maximum Gasteiger partial charge on any atom is 0.252 e. The van der Waals surface area contributed by atoms with E-state index in [0.29, 0.717) is 11.6 Å². The summed E-state index contributed by atoms with van der Waals surface area (Å²) in [6, 6.07) is 8.43. The largest absolute Gasteiger partial charge is 0.486 e. The van der Waals surface area contributed by atoms with Crippen molar-refractivity contribution >= 4 is 11.6 Å². The molecule has 1 heterocycles. The zero-order valence-electron chi connectivity index (χ0n) is 11.0. The molecule has 0 unspecified atom stereocenters. The molecule has 0 fully saturated rings. The number of nitrogens with zero attached hydrogens (tertiary/aromatic N) is 1. The van der Waals surface area contributed by atoms with Crippen LogP contribution in [0.1, 0.15) is 15.9 Å². The van der Waals surface area contributed by atoms with Crippen molar-refractivity contribution in [1.82, 2.24) is 4.98 Å². The first-order valence-corrected chi connectivity index (χ1v) is 5.92. The predicted octanol–water partition coefficient (Wildman–Crippen LogP) is 1.35. The summed E-state index contributed by atoms with van der Waals surface area (Å²) in [6.45, 7) is 0.172. The molecule has 0 saturated heterocycles. The van der Waals surface area contributed by atoms with Gasteiger partial charge in [-0.25, -0.2) is 4.98 Å². The Hall–Kier alpha value is -2.76. The number of benzene rings is 1. The van der Waals surface area contributed by atoms with Gasteiger partial charge in [-0.3, -0.25) is 4.79 Å². The van der Waals surface area contributed by atoms with Gasteiger partial charge in [0, 0.05) is 6.20 Å². The molecule has 0 radical (unpaired) electrons. The molecule has 1 amide bonds. The van der Waals surface area contributed by atoms with Crippen LogP contribution in [0.3, 0.4) is 0 Å². The zero-order valence-corrected chi connectivity index (χ0v) is 11.0. The van der Waals surface area contributed by atoms with Crippen molar-refractivity contribution in [1.29, 1.82) is 0 Å². The summed E-state index contributed by atoms with van der Waals surface area (Å²) < 4.78 is 10.7. The molecule has 0 bridgehead atoms. The second-order valence-corrected chi connectivity index (χ2v) is 4.05. The Kier molecular flexibility index (Phi) is 4.05. The van der Waals surface area contributed by atoms with Crippen LogP contribution >= 0.6 is 0 Å². The molecule has 1 aromatic carbocycles. The van der Waals surface area contributed by atoms with E-state index in [1.54, 1.807) is 30.5 Å². The lowest BCUT2D eigenvalue weighted by atomic mass is 10.1. The number of para-hydroxylation sites is 1. The molecule has 0 aliphatic heterocycles. The fourth-order valence-electron chi connectivity index (χ4n) is 1.78. The molecular formula is C14H15N3O3. The molecule has 0 saturated carbocycles. The number of nitrogens with two attached hydrogens (primary N) is 2. The van der Waals surface area contributed by atoms with Crippen molar-refractivity contribution in [2.45, 2.75) is 6.61 Å². The molecule has 104 valence electrons. The molecule has 1 aromatic heterocycles. The predicted molar refractivity (Wildman–Crippen MR) is 74.5 cm³/mol. The van der Waals surface area contributed by atoms with Crippen LogP contribution in [0.25, 0.3) is 0 Å². The Balaban J connectivity index is 2.25. The number of carbonyl (C=O) groups is 1. The van der Waals surface area contributed by atoms with Crippen LogP contribution in [0.5, 0.6) is 11.6 Å². The van der Waals surface area contributed by atoms with Crippen LogP contribution in [0.15, 0.2) is 36.5 Å². The lowest BCUT2D eigenvalue weighted by Crippen LogP contribution is -2.14. The van der Waals surface area contributed by atoms with Crippen molar-refractivity contribution in [3.8, 4) is 11.6 Å². The fourth-order valence-corrected chi connectivity index (χ4v) is 1.78. The van der Waals surface area contributed by atoms with Crippen LogP contribution in [-0.2, 0) is 6.61 Å². The minimum atomic E-state index is -0.592. The molecule has 0 aliphatic rings. The number of anilines is 1. The highest BCUT2D eigenvalue weighted by Crippen LogP contribution is 2.27. The molecule has 0 atom stereocenters. The topological polar surface area (TPSA) is 100 Å². The number of aromatic nitrogens is 1. The highest BCUT2D eigenvalue weighted by Gasteiger charge is 2.13. The number of amides is 1. The van der Waals surface area contributed by atoms with Crippen molar-refractivity contribution in [3.05, 3.63) is 47.7 Å². The van der Waals surface area contributed by atoms with Gasteiger partial charge in [0.05, 0.1) is 23.9 Å². The van der Waals surface area contributed by atoms with Gasteiger partial charge in [0.25, 0.3) is 5.91 Å². The molecule has 6 heteroatoms. The number of hydrogen-bond acceptors (Lipinski definition) is 5. The van der Waals surface area contributed by atoms with Crippen LogP contribution in [0.4, 0.5) is 5.69 Å². The van der Waals surface area contributed by atoms with E-state index >= 15 is 0 Å². The lowest BCUT2D eigenvalue weighted by Gasteiger charge is -2.13. The second kappa shape index (κ2) is 5.92. The van der Waals surface area contributed by atoms with Crippen molar-refractivity contribution in [3.63, 3.8) is 0 Å². The number of methoxy groups -OCH3 is 1. The normalized spacial score (nSPS) is 10.1. The summed E-state index contributed by atoms with van der Waals surface area (Å²) in [4.78, 5) is 15.4. The molecule has 0 spiro atoms. The fraction of sp³-hybridized carbons (Fsp3) is 0.143. The number of primary amides is 1.